The summed E-state index contributed by atoms with van der Waals surface area (Å²) in [5, 5.41) is 0. The molecule has 0 aliphatic heterocycles. The van der Waals surface area contributed by atoms with Crippen LogP contribution in [0.1, 0.15) is 38.5 Å². The van der Waals surface area contributed by atoms with E-state index in [0.717, 1.165) is 12.3 Å². The molecule has 0 amide bonds. The van der Waals surface area contributed by atoms with E-state index in [2.05, 4.69) is 6.58 Å². The molecule has 0 radical (unpaired) electrons. The fourth-order valence-electron chi connectivity index (χ4n) is 4.70. The normalized spacial score (nSPS) is 42.5. The molecule has 0 N–H and O–H groups in total. The molecule has 0 aromatic heterocycles. The van der Waals surface area contributed by atoms with Crippen LogP contribution in [0.4, 0.5) is 0 Å². The van der Waals surface area contributed by atoms with Crippen molar-refractivity contribution in [1.82, 2.24) is 0 Å². The smallest absolute Gasteiger partial charge is 0.297 e. The van der Waals surface area contributed by atoms with Gasteiger partial charge < -0.3 is 0 Å². The summed E-state index contributed by atoms with van der Waals surface area (Å²) < 4.78 is 0. The van der Waals surface area contributed by atoms with Crippen LogP contribution in [0.25, 0.3) is 0 Å². The van der Waals surface area contributed by atoms with Gasteiger partial charge in [0.1, 0.15) is 6.61 Å². The van der Waals surface area contributed by atoms with Crippen molar-refractivity contribution in [3.63, 3.8) is 0 Å². The topological polar surface area (TPSA) is 35.5 Å². The van der Waals surface area contributed by atoms with Crippen molar-refractivity contribution < 1.29 is 14.6 Å². The van der Waals surface area contributed by atoms with E-state index in [-0.39, 0.29) is 18.0 Å². The molecule has 0 aromatic rings. The number of hydrogen-bond donors (Lipinski definition) is 0. The average Bonchev–Trinajstić information content (AvgIpc) is 3.01. The van der Waals surface area contributed by atoms with Crippen LogP contribution in [0.2, 0.25) is 0 Å². The molecule has 0 aromatic carbocycles. The van der Waals surface area contributed by atoms with E-state index in [4.69, 9.17) is 9.78 Å². The zero-order chi connectivity index (χ0) is 11.9. The maximum absolute atomic E-state index is 12.3. The van der Waals surface area contributed by atoms with Crippen LogP contribution in [0.5, 0.6) is 0 Å². The lowest BCUT2D eigenvalue weighted by Crippen LogP contribution is -2.41. The highest BCUT2D eigenvalue weighted by atomic mass is 17.2. The Bertz CT molecular complexity index is 338. The van der Waals surface area contributed by atoms with Crippen molar-refractivity contribution in [3.8, 4) is 0 Å². The largest absolute Gasteiger partial charge is 0.349 e. The third kappa shape index (κ3) is 1.48. The minimum atomic E-state index is -0.190. The predicted octanol–water partition coefficient (Wildman–Crippen LogP) is 2.86. The third-order valence-electron chi connectivity index (χ3n) is 5.24. The quantitative estimate of drug-likeness (QED) is 0.326. The van der Waals surface area contributed by atoms with E-state index in [1.165, 1.54) is 32.1 Å². The van der Waals surface area contributed by atoms with Gasteiger partial charge in [-0.15, -0.1) is 6.58 Å². The number of rotatable bonds is 4. The van der Waals surface area contributed by atoms with Crippen molar-refractivity contribution >= 4 is 5.97 Å². The summed E-state index contributed by atoms with van der Waals surface area (Å²) in [6, 6.07) is 0. The summed E-state index contributed by atoms with van der Waals surface area (Å²) in [7, 11) is 0. The van der Waals surface area contributed by atoms with Crippen molar-refractivity contribution in [3.05, 3.63) is 12.7 Å². The summed E-state index contributed by atoms with van der Waals surface area (Å²) in [6.07, 6.45) is 8.75. The zero-order valence-electron chi connectivity index (χ0n) is 10.2. The minimum Gasteiger partial charge on any atom is -0.297 e. The molecule has 17 heavy (non-hydrogen) atoms. The Balaban J connectivity index is 1.75. The van der Waals surface area contributed by atoms with Crippen LogP contribution in [0.15, 0.2) is 12.7 Å². The molecule has 0 saturated heterocycles. The van der Waals surface area contributed by atoms with E-state index in [0.29, 0.717) is 11.8 Å². The highest BCUT2D eigenvalue weighted by Crippen LogP contribution is 2.66. The van der Waals surface area contributed by atoms with Crippen molar-refractivity contribution in [1.29, 1.82) is 0 Å². The Morgan fingerprint density at radius 1 is 1.41 bits per heavy atom. The summed E-state index contributed by atoms with van der Waals surface area (Å²) in [4.78, 5) is 22.2. The van der Waals surface area contributed by atoms with Crippen LogP contribution < -0.4 is 0 Å². The molecule has 94 valence electrons. The molecular weight excluding hydrogens is 216 g/mol. The third-order valence-corrected chi connectivity index (χ3v) is 5.24. The van der Waals surface area contributed by atoms with Crippen molar-refractivity contribution in [2.24, 2.45) is 23.2 Å². The molecule has 3 aliphatic rings. The number of carbonyl (C=O) groups is 1. The van der Waals surface area contributed by atoms with Gasteiger partial charge in [0, 0.05) is 0 Å². The average molecular weight is 236 g/mol. The van der Waals surface area contributed by atoms with E-state index in [1.807, 2.05) is 0 Å². The molecule has 3 aliphatic carbocycles. The molecule has 0 heterocycles. The molecule has 3 fully saturated rings. The SMILES string of the molecule is C=CCOOC(=O)C12CCCC1C1CCC2C1. The minimum absolute atomic E-state index is 0.103. The first-order valence-electron chi connectivity index (χ1n) is 6.74. The summed E-state index contributed by atoms with van der Waals surface area (Å²) >= 11 is 0. The Morgan fingerprint density at radius 2 is 2.29 bits per heavy atom. The van der Waals surface area contributed by atoms with E-state index >= 15 is 0 Å². The van der Waals surface area contributed by atoms with Gasteiger partial charge in [-0.3, -0.25) is 4.89 Å². The lowest BCUT2D eigenvalue weighted by molar-refractivity contribution is -0.278. The summed E-state index contributed by atoms with van der Waals surface area (Å²) in [5.74, 6) is 1.80. The lowest BCUT2D eigenvalue weighted by Gasteiger charge is -2.36. The van der Waals surface area contributed by atoms with Gasteiger partial charge in [0.2, 0.25) is 0 Å². The second-order valence-electron chi connectivity index (χ2n) is 5.75. The maximum Gasteiger partial charge on any atom is 0.349 e. The molecule has 0 spiro atoms. The lowest BCUT2D eigenvalue weighted by atomic mass is 9.68. The number of hydrogen-bond acceptors (Lipinski definition) is 3. The first-order valence-corrected chi connectivity index (χ1v) is 6.74. The molecule has 4 atom stereocenters. The summed E-state index contributed by atoms with van der Waals surface area (Å²) in [5.41, 5.74) is -0.190. The standard InChI is InChI=1S/C14H20O3/c1-2-8-16-17-13(15)14-7-3-4-12(14)10-5-6-11(14)9-10/h2,10-12H,1,3-9H2. The molecule has 3 saturated carbocycles. The molecule has 2 bridgehead atoms. The number of carbonyl (C=O) groups excluding carboxylic acids is 1. The van der Waals surface area contributed by atoms with Gasteiger partial charge in [0.05, 0.1) is 5.41 Å². The van der Waals surface area contributed by atoms with Gasteiger partial charge in [-0.2, -0.15) is 4.89 Å². The maximum atomic E-state index is 12.3. The van der Waals surface area contributed by atoms with Gasteiger partial charge in [0.25, 0.3) is 0 Å². The fourth-order valence-corrected chi connectivity index (χ4v) is 4.70. The molecule has 3 rings (SSSR count). The summed E-state index contributed by atoms with van der Waals surface area (Å²) in [6.45, 7) is 3.82. The van der Waals surface area contributed by atoms with E-state index in [1.54, 1.807) is 6.08 Å². The molecule has 4 unspecified atom stereocenters. The predicted molar refractivity (Wildman–Crippen MR) is 62.8 cm³/mol. The number of fused-ring (bicyclic) bond motifs is 5. The van der Waals surface area contributed by atoms with E-state index in [9.17, 15) is 4.79 Å². The van der Waals surface area contributed by atoms with Gasteiger partial charge in [-0.25, -0.2) is 4.79 Å². The first kappa shape index (κ1) is 11.3. The van der Waals surface area contributed by atoms with Crippen LogP contribution in [0.3, 0.4) is 0 Å². The molecule has 3 nitrogen and oxygen atoms in total. The second kappa shape index (κ2) is 4.13. The highest BCUT2D eigenvalue weighted by Gasteiger charge is 2.64. The van der Waals surface area contributed by atoms with Crippen molar-refractivity contribution in [2.45, 2.75) is 38.5 Å². The molecule has 3 heteroatoms. The second-order valence-corrected chi connectivity index (χ2v) is 5.75. The monoisotopic (exact) mass is 236 g/mol. The Labute approximate surface area is 102 Å². The zero-order valence-corrected chi connectivity index (χ0v) is 10.2. The van der Waals surface area contributed by atoms with Crippen LogP contribution in [-0.4, -0.2) is 12.6 Å². The fraction of sp³-hybridized carbons (Fsp3) is 0.786. The molecular formula is C14H20O3. The van der Waals surface area contributed by atoms with Crippen molar-refractivity contribution in [2.75, 3.05) is 6.61 Å². The van der Waals surface area contributed by atoms with E-state index < -0.39 is 0 Å². The van der Waals surface area contributed by atoms with Crippen LogP contribution in [0, 0.1) is 23.2 Å². The van der Waals surface area contributed by atoms with Gasteiger partial charge in [0.15, 0.2) is 0 Å². The Morgan fingerprint density at radius 3 is 3.12 bits per heavy atom. The highest BCUT2D eigenvalue weighted by molar-refractivity contribution is 5.78. The van der Waals surface area contributed by atoms with Gasteiger partial charge >= 0.3 is 5.97 Å². The van der Waals surface area contributed by atoms with Gasteiger partial charge in [-0.1, -0.05) is 12.5 Å². The Hall–Kier alpha value is -0.830. The first-order chi connectivity index (χ1) is 8.29. The Kier molecular flexibility index (Phi) is 2.74. The van der Waals surface area contributed by atoms with Crippen LogP contribution >= 0.6 is 0 Å². The van der Waals surface area contributed by atoms with Crippen LogP contribution in [-0.2, 0) is 14.6 Å². The van der Waals surface area contributed by atoms with Gasteiger partial charge in [-0.05, 0) is 49.9 Å².